The van der Waals surface area contributed by atoms with Crippen LogP contribution in [0.2, 0.25) is 0 Å². The Morgan fingerprint density at radius 2 is 1.81 bits per heavy atom. The molecule has 0 amide bonds. The first kappa shape index (κ1) is 16.9. The van der Waals surface area contributed by atoms with Gasteiger partial charge in [-0.2, -0.15) is 0 Å². The Kier molecular flexibility index (Phi) is 4.77. The van der Waals surface area contributed by atoms with Crippen LogP contribution in [0.1, 0.15) is 25.4 Å². The molecule has 0 radical (unpaired) electrons. The fourth-order valence-electron chi connectivity index (χ4n) is 3.45. The highest BCUT2D eigenvalue weighted by molar-refractivity contribution is 5.31. The molecule has 26 heavy (non-hydrogen) atoms. The van der Waals surface area contributed by atoms with Crippen molar-refractivity contribution in [2.24, 2.45) is 0 Å². The topological polar surface area (TPSA) is 73.9 Å². The van der Waals surface area contributed by atoms with Crippen molar-refractivity contribution >= 4 is 0 Å². The second-order valence-electron chi connectivity index (χ2n) is 6.81. The maximum absolute atomic E-state index is 5.78. The smallest absolute Gasteiger partial charge is 0.159 e. The maximum atomic E-state index is 5.78. The van der Waals surface area contributed by atoms with Gasteiger partial charge in [-0.15, -0.1) is 15.3 Å². The van der Waals surface area contributed by atoms with Crippen molar-refractivity contribution in [2.75, 3.05) is 13.1 Å². The summed E-state index contributed by atoms with van der Waals surface area (Å²) in [6.45, 7) is 7.35. The van der Waals surface area contributed by atoms with Crippen molar-refractivity contribution in [2.45, 2.75) is 39.1 Å². The minimum absolute atomic E-state index is 0.248. The average Bonchev–Trinajstić information content (AvgIpc) is 3.25. The summed E-state index contributed by atoms with van der Waals surface area (Å²) < 4.78 is 9.56. The summed E-state index contributed by atoms with van der Waals surface area (Å²) in [5.74, 6) is 0.821. The lowest BCUT2D eigenvalue weighted by Crippen LogP contribution is -2.44. The van der Waals surface area contributed by atoms with Crippen LogP contribution < -0.4 is 0 Å². The Morgan fingerprint density at radius 1 is 1.04 bits per heavy atom. The number of rotatable bonds is 5. The van der Waals surface area contributed by atoms with E-state index in [0.717, 1.165) is 36.8 Å². The molecule has 1 aliphatic heterocycles. The number of ether oxygens (including phenoxy) is 1. The van der Waals surface area contributed by atoms with E-state index in [4.69, 9.17) is 4.74 Å². The first-order valence-corrected chi connectivity index (χ1v) is 8.88. The Labute approximate surface area is 152 Å². The van der Waals surface area contributed by atoms with Crippen LogP contribution in [-0.2, 0) is 17.8 Å². The predicted molar refractivity (Wildman–Crippen MR) is 95.8 cm³/mol. The molecule has 8 nitrogen and oxygen atoms in total. The first-order valence-electron chi connectivity index (χ1n) is 8.88. The van der Waals surface area contributed by atoms with E-state index in [-0.39, 0.29) is 12.2 Å². The molecule has 136 valence electrons. The van der Waals surface area contributed by atoms with Crippen LogP contribution in [0.5, 0.6) is 0 Å². The molecule has 2 atom stereocenters. The van der Waals surface area contributed by atoms with Crippen LogP contribution >= 0.6 is 0 Å². The number of para-hydroxylation sites is 1. The van der Waals surface area contributed by atoms with Crippen LogP contribution in [-0.4, -0.2) is 60.0 Å². The normalized spacial score (nSPS) is 21.2. The van der Waals surface area contributed by atoms with Gasteiger partial charge in [0.25, 0.3) is 0 Å². The standard InChI is InChI=1S/C18H23N7O/c1-14-8-23(9-15(2)26-14)10-16-11-24(22-20-16)12-18-21-19-13-25(18)17-6-4-3-5-7-17/h3-7,11,13-15H,8-10,12H2,1-2H3/t14-,15+. The summed E-state index contributed by atoms with van der Waals surface area (Å²) in [4.78, 5) is 2.36. The van der Waals surface area contributed by atoms with E-state index in [0.29, 0.717) is 6.54 Å². The number of aromatic nitrogens is 6. The number of hydrogen-bond donors (Lipinski definition) is 0. The fraction of sp³-hybridized carbons (Fsp3) is 0.444. The van der Waals surface area contributed by atoms with Crippen molar-refractivity contribution in [3.63, 3.8) is 0 Å². The van der Waals surface area contributed by atoms with Gasteiger partial charge in [-0.25, -0.2) is 4.68 Å². The highest BCUT2D eigenvalue weighted by Gasteiger charge is 2.22. The molecule has 1 fully saturated rings. The van der Waals surface area contributed by atoms with Crippen LogP contribution in [0.25, 0.3) is 5.69 Å². The summed E-state index contributed by atoms with van der Waals surface area (Å²) >= 11 is 0. The van der Waals surface area contributed by atoms with Crippen LogP contribution in [0.15, 0.2) is 42.9 Å². The van der Waals surface area contributed by atoms with Gasteiger partial charge >= 0.3 is 0 Å². The van der Waals surface area contributed by atoms with E-state index < -0.39 is 0 Å². The lowest BCUT2D eigenvalue weighted by Gasteiger charge is -2.34. The van der Waals surface area contributed by atoms with Crippen molar-refractivity contribution in [1.82, 2.24) is 34.7 Å². The van der Waals surface area contributed by atoms with Crippen molar-refractivity contribution in [3.05, 3.63) is 54.4 Å². The van der Waals surface area contributed by atoms with E-state index in [9.17, 15) is 0 Å². The lowest BCUT2D eigenvalue weighted by molar-refractivity contribution is -0.0707. The molecule has 0 unspecified atom stereocenters. The Balaban J connectivity index is 1.44. The van der Waals surface area contributed by atoms with Gasteiger partial charge in [0.15, 0.2) is 5.82 Å². The molecule has 0 N–H and O–H groups in total. The SMILES string of the molecule is C[C@@H]1CN(Cc2cn(Cc3nncn3-c3ccccc3)nn2)C[C@H](C)O1. The van der Waals surface area contributed by atoms with Gasteiger partial charge in [-0.05, 0) is 26.0 Å². The monoisotopic (exact) mass is 353 g/mol. The van der Waals surface area contributed by atoms with Gasteiger partial charge in [0, 0.05) is 25.3 Å². The summed E-state index contributed by atoms with van der Waals surface area (Å²) in [6, 6.07) is 10.0. The highest BCUT2D eigenvalue weighted by atomic mass is 16.5. The Hall–Kier alpha value is -2.58. The van der Waals surface area contributed by atoms with Gasteiger partial charge in [-0.3, -0.25) is 9.47 Å². The fourth-order valence-corrected chi connectivity index (χ4v) is 3.45. The van der Waals surface area contributed by atoms with Gasteiger partial charge in [0.05, 0.1) is 24.1 Å². The molecule has 1 aromatic carbocycles. The van der Waals surface area contributed by atoms with E-state index in [1.54, 1.807) is 6.33 Å². The minimum Gasteiger partial charge on any atom is -0.373 e. The molecular weight excluding hydrogens is 330 g/mol. The van der Waals surface area contributed by atoms with Crippen LogP contribution in [0, 0.1) is 0 Å². The summed E-state index contributed by atoms with van der Waals surface area (Å²) in [5, 5.41) is 16.8. The van der Waals surface area contributed by atoms with E-state index in [1.807, 2.05) is 45.8 Å². The second kappa shape index (κ2) is 7.35. The Bertz CT molecular complexity index is 834. The maximum Gasteiger partial charge on any atom is 0.159 e. The third kappa shape index (κ3) is 3.81. The molecule has 0 aliphatic carbocycles. The number of benzene rings is 1. The molecule has 0 spiro atoms. The van der Waals surface area contributed by atoms with E-state index >= 15 is 0 Å². The summed E-state index contributed by atoms with van der Waals surface area (Å²) in [6.07, 6.45) is 4.20. The van der Waals surface area contributed by atoms with Crippen molar-refractivity contribution in [3.8, 4) is 5.69 Å². The third-order valence-electron chi connectivity index (χ3n) is 4.42. The van der Waals surface area contributed by atoms with Gasteiger partial charge in [-0.1, -0.05) is 23.4 Å². The van der Waals surface area contributed by atoms with Gasteiger partial charge in [0.1, 0.15) is 12.9 Å². The zero-order valence-corrected chi connectivity index (χ0v) is 15.1. The minimum atomic E-state index is 0.248. The second-order valence-corrected chi connectivity index (χ2v) is 6.81. The third-order valence-corrected chi connectivity index (χ3v) is 4.42. The van der Waals surface area contributed by atoms with Crippen molar-refractivity contribution < 1.29 is 4.74 Å². The van der Waals surface area contributed by atoms with Gasteiger partial charge < -0.3 is 4.74 Å². The molecule has 3 heterocycles. The van der Waals surface area contributed by atoms with Crippen LogP contribution in [0.4, 0.5) is 0 Å². The number of hydrogen-bond acceptors (Lipinski definition) is 6. The molecule has 1 saturated heterocycles. The quantitative estimate of drug-likeness (QED) is 0.692. The molecular formula is C18H23N7O. The molecule has 0 saturated carbocycles. The van der Waals surface area contributed by atoms with E-state index in [2.05, 4.69) is 39.3 Å². The Morgan fingerprint density at radius 3 is 2.58 bits per heavy atom. The predicted octanol–water partition coefficient (Wildman–Crippen LogP) is 1.52. The lowest BCUT2D eigenvalue weighted by atomic mass is 10.2. The van der Waals surface area contributed by atoms with E-state index in [1.165, 1.54) is 0 Å². The number of morpholine rings is 1. The molecule has 1 aliphatic rings. The van der Waals surface area contributed by atoms with Crippen LogP contribution in [0.3, 0.4) is 0 Å². The molecule has 8 heteroatoms. The zero-order valence-electron chi connectivity index (χ0n) is 15.1. The summed E-state index contributed by atoms with van der Waals surface area (Å²) in [7, 11) is 0. The van der Waals surface area contributed by atoms with Gasteiger partial charge in [0.2, 0.25) is 0 Å². The molecule has 3 aromatic rings. The zero-order chi connectivity index (χ0) is 17.9. The largest absolute Gasteiger partial charge is 0.373 e. The van der Waals surface area contributed by atoms with Crippen molar-refractivity contribution in [1.29, 1.82) is 0 Å². The molecule has 2 aromatic heterocycles. The highest BCUT2D eigenvalue weighted by Crippen LogP contribution is 2.14. The first-order chi connectivity index (χ1) is 12.7. The molecule has 4 rings (SSSR count). The average molecular weight is 353 g/mol. The summed E-state index contributed by atoms with van der Waals surface area (Å²) in [5.41, 5.74) is 1.99. The molecule has 0 bridgehead atoms. The number of nitrogens with zero attached hydrogens (tertiary/aromatic N) is 7.